The minimum atomic E-state index is -0.419. The lowest BCUT2D eigenvalue weighted by atomic mass is 9.79. The molecule has 1 amide bonds. The fourth-order valence-electron chi connectivity index (χ4n) is 3.91. The lowest BCUT2D eigenvalue weighted by Crippen LogP contribution is -2.41. The molecule has 0 saturated heterocycles. The van der Waals surface area contributed by atoms with Crippen LogP contribution in [0.1, 0.15) is 57.9 Å². The summed E-state index contributed by atoms with van der Waals surface area (Å²) in [6.07, 6.45) is 4.13. The molecule has 1 fully saturated rings. The number of ether oxygens (including phenoxy) is 3. The van der Waals surface area contributed by atoms with Crippen molar-refractivity contribution in [3.63, 3.8) is 0 Å². The summed E-state index contributed by atoms with van der Waals surface area (Å²) < 4.78 is 15.5. The SMILES string of the molecule is COC(=O)c1ccc(C(=O)NC2CCCCC2c2ccc(OC)c(OC)c2)cc1. The number of esters is 1. The normalized spacial score (nSPS) is 18.6. The molecule has 0 spiro atoms. The minimum Gasteiger partial charge on any atom is -0.493 e. The Kier molecular flexibility index (Phi) is 6.75. The van der Waals surface area contributed by atoms with Crippen LogP contribution in [-0.4, -0.2) is 39.2 Å². The standard InChI is InChI=1S/C23H27NO5/c1-27-20-13-12-17(14-21(20)28-2)18-6-4-5-7-19(18)24-22(25)15-8-10-16(11-9-15)23(26)29-3/h8-14,18-19H,4-7H2,1-3H3,(H,24,25). The number of amides is 1. The first-order valence-corrected chi connectivity index (χ1v) is 9.78. The second-order valence-corrected chi connectivity index (χ2v) is 7.15. The van der Waals surface area contributed by atoms with Crippen LogP contribution in [0.2, 0.25) is 0 Å². The van der Waals surface area contributed by atoms with Crippen LogP contribution < -0.4 is 14.8 Å². The van der Waals surface area contributed by atoms with Crippen molar-refractivity contribution in [2.45, 2.75) is 37.6 Å². The van der Waals surface area contributed by atoms with Crippen LogP contribution in [0.5, 0.6) is 11.5 Å². The van der Waals surface area contributed by atoms with Gasteiger partial charge in [0.05, 0.1) is 26.9 Å². The molecule has 154 valence electrons. The van der Waals surface area contributed by atoms with E-state index in [4.69, 9.17) is 14.2 Å². The molecule has 2 atom stereocenters. The summed E-state index contributed by atoms with van der Waals surface area (Å²) in [5.41, 5.74) is 2.08. The zero-order valence-electron chi connectivity index (χ0n) is 17.1. The maximum Gasteiger partial charge on any atom is 0.337 e. The number of hydrogen-bond donors (Lipinski definition) is 1. The largest absolute Gasteiger partial charge is 0.493 e. The van der Waals surface area contributed by atoms with Crippen LogP contribution in [-0.2, 0) is 4.74 Å². The van der Waals surface area contributed by atoms with Crippen LogP contribution in [0, 0.1) is 0 Å². The van der Waals surface area contributed by atoms with Gasteiger partial charge in [-0.15, -0.1) is 0 Å². The predicted octanol–water partition coefficient (Wildman–Crippen LogP) is 3.95. The van der Waals surface area contributed by atoms with E-state index >= 15 is 0 Å². The van der Waals surface area contributed by atoms with Crippen molar-refractivity contribution in [1.29, 1.82) is 0 Å². The second-order valence-electron chi connectivity index (χ2n) is 7.15. The van der Waals surface area contributed by atoms with Gasteiger partial charge in [-0.3, -0.25) is 4.79 Å². The molecule has 1 aliphatic carbocycles. The molecule has 0 radical (unpaired) electrons. The maximum absolute atomic E-state index is 12.8. The van der Waals surface area contributed by atoms with E-state index < -0.39 is 5.97 Å². The van der Waals surface area contributed by atoms with Gasteiger partial charge >= 0.3 is 5.97 Å². The molecule has 1 aliphatic rings. The van der Waals surface area contributed by atoms with Crippen molar-refractivity contribution in [2.75, 3.05) is 21.3 Å². The van der Waals surface area contributed by atoms with Gasteiger partial charge in [0.15, 0.2) is 11.5 Å². The Bertz CT molecular complexity index is 862. The monoisotopic (exact) mass is 397 g/mol. The number of hydrogen-bond acceptors (Lipinski definition) is 5. The first kappa shape index (κ1) is 20.7. The molecular formula is C23H27NO5. The van der Waals surface area contributed by atoms with Gasteiger partial charge in [0.2, 0.25) is 0 Å². The molecule has 2 unspecified atom stereocenters. The molecule has 3 rings (SSSR count). The minimum absolute atomic E-state index is 0.0367. The quantitative estimate of drug-likeness (QED) is 0.747. The zero-order chi connectivity index (χ0) is 20.8. The number of carbonyl (C=O) groups is 2. The van der Waals surface area contributed by atoms with E-state index in [2.05, 4.69) is 5.32 Å². The van der Waals surface area contributed by atoms with Gasteiger partial charge in [0.25, 0.3) is 5.91 Å². The summed E-state index contributed by atoms with van der Waals surface area (Å²) in [7, 11) is 4.58. The van der Waals surface area contributed by atoms with Gasteiger partial charge in [0, 0.05) is 17.5 Å². The molecule has 0 heterocycles. The highest BCUT2D eigenvalue weighted by molar-refractivity contribution is 5.96. The van der Waals surface area contributed by atoms with Gasteiger partial charge < -0.3 is 19.5 Å². The Morgan fingerprint density at radius 3 is 2.17 bits per heavy atom. The Balaban J connectivity index is 1.76. The van der Waals surface area contributed by atoms with Crippen molar-refractivity contribution in [2.24, 2.45) is 0 Å². The average molecular weight is 397 g/mol. The molecule has 0 bridgehead atoms. The highest BCUT2D eigenvalue weighted by Crippen LogP contribution is 2.37. The van der Waals surface area contributed by atoms with Crippen LogP contribution >= 0.6 is 0 Å². The topological polar surface area (TPSA) is 73.9 Å². The first-order chi connectivity index (χ1) is 14.1. The summed E-state index contributed by atoms with van der Waals surface area (Å²) in [4.78, 5) is 24.4. The van der Waals surface area contributed by atoms with Gasteiger partial charge in [-0.2, -0.15) is 0 Å². The summed E-state index contributed by atoms with van der Waals surface area (Å²) >= 11 is 0. The smallest absolute Gasteiger partial charge is 0.337 e. The Morgan fingerprint density at radius 1 is 0.862 bits per heavy atom. The van der Waals surface area contributed by atoms with E-state index in [1.807, 2.05) is 18.2 Å². The highest BCUT2D eigenvalue weighted by Gasteiger charge is 2.29. The van der Waals surface area contributed by atoms with Crippen LogP contribution in [0.25, 0.3) is 0 Å². The van der Waals surface area contributed by atoms with Gasteiger partial charge in [-0.05, 0) is 54.8 Å². The lowest BCUT2D eigenvalue weighted by Gasteiger charge is -2.33. The highest BCUT2D eigenvalue weighted by atomic mass is 16.5. The first-order valence-electron chi connectivity index (χ1n) is 9.78. The molecule has 2 aromatic rings. The summed E-state index contributed by atoms with van der Waals surface area (Å²) in [5, 5.41) is 3.19. The van der Waals surface area contributed by atoms with Crippen molar-refractivity contribution in [3.8, 4) is 11.5 Å². The van der Waals surface area contributed by atoms with Gasteiger partial charge in [0.1, 0.15) is 0 Å². The third-order valence-electron chi connectivity index (χ3n) is 5.49. The molecule has 1 N–H and O–H groups in total. The molecule has 1 saturated carbocycles. The third-order valence-corrected chi connectivity index (χ3v) is 5.49. The van der Waals surface area contributed by atoms with E-state index in [0.29, 0.717) is 22.6 Å². The van der Waals surface area contributed by atoms with Crippen molar-refractivity contribution < 1.29 is 23.8 Å². The van der Waals surface area contributed by atoms with Gasteiger partial charge in [-0.1, -0.05) is 18.9 Å². The molecule has 2 aromatic carbocycles. The van der Waals surface area contributed by atoms with E-state index in [-0.39, 0.29) is 17.9 Å². The second kappa shape index (κ2) is 9.45. The molecule has 6 nitrogen and oxygen atoms in total. The fourth-order valence-corrected chi connectivity index (χ4v) is 3.91. The van der Waals surface area contributed by atoms with Crippen LogP contribution in [0.4, 0.5) is 0 Å². The van der Waals surface area contributed by atoms with Crippen LogP contribution in [0.3, 0.4) is 0 Å². The average Bonchev–Trinajstić information content (AvgIpc) is 2.78. The van der Waals surface area contributed by atoms with E-state index in [0.717, 1.165) is 31.2 Å². The lowest BCUT2D eigenvalue weighted by molar-refractivity contribution is 0.0600. The third kappa shape index (κ3) is 4.70. The zero-order valence-corrected chi connectivity index (χ0v) is 17.1. The van der Waals surface area contributed by atoms with E-state index in [9.17, 15) is 9.59 Å². The fraction of sp³-hybridized carbons (Fsp3) is 0.391. The Hall–Kier alpha value is -3.02. The Morgan fingerprint density at radius 2 is 1.52 bits per heavy atom. The van der Waals surface area contributed by atoms with Crippen molar-refractivity contribution in [1.82, 2.24) is 5.32 Å². The van der Waals surface area contributed by atoms with Crippen molar-refractivity contribution in [3.05, 3.63) is 59.2 Å². The number of rotatable bonds is 6. The van der Waals surface area contributed by atoms with E-state index in [1.165, 1.54) is 7.11 Å². The number of carbonyl (C=O) groups excluding carboxylic acids is 2. The summed E-state index contributed by atoms with van der Waals surface area (Å²) in [6, 6.07) is 12.5. The predicted molar refractivity (Wildman–Crippen MR) is 110 cm³/mol. The molecule has 29 heavy (non-hydrogen) atoms. The molecule has 0 aliphatic heterocycles. The van der Waals surface area contributed by atoms with E-state index in [1.54, 1.807) is 38.5 Å². The molecule has 0 aromatic heterocycles. The van der Waals surface area contributed by atoms with Gasteiger partial charge in [-0.25, -0.2) is 4.79 Å². The summed E-state index contributed by atoms with van der Waals surface area (Å²) in [5.74, 6) is 1.04. The molecular weight excluding hydrogens is 370 g/mol. The maximum atomic E-state index is 12.8. The van der Waals surface area contributed by atoms with Crippen molar-refractivity contribution >= 4 is 11.9 Å². The van der Waals surface area contributed by atoms with Crippen LogP contribution in [0.15, 0.2) is 42.5 Å². The summed E-state index contributed by atoms with van der Waals surface area (Å²) in [6.45, 7) is 0. The number of nitrogens with one attached hydrogen (secondary N) is 1. The number of benzene rings is 2. The molecule has 6 heteroatoms. The Labute approximate surface area is 171 Å². The number of methoxy groups -OCH3 is 3.